The summed E-state index contributed by atoms with van der Waals surface area (Å²) < 4.78 is 0. The highest BCUT2D eigenvalue weighted by Crippen LogP contribution is 2.43. The Morgan fingerprint density at radius 1 is 1.60 bits per heavy atom. The molecule has 0 aromatic heterocycles. The van der Waals surface area contributed by atoms with Crippen LogP contribution in [0.3, 0.4) is 0 Å². The van der Waals surface area contributed by atoms with Crippen molar-refractivity contribution >= 4 is 11.8 Å². The van der Waals surface area contributed by atoms with Crippen molar-refractivity contribution in [1.29, 1.82) is 0 Å². The average molecular weight is 210 g/mol. The first-order chi connectivity index (χ1) is 7.15. The van der Waals surface area contributed by atoms with Crippen LogP contribution in [0.1, 0.15) is 39.0 Å². The van der Waals surface area contributed by atoms with Crippen LogP contribution in [-0.4, -0.2) is 23.9 Å². The van der Waals surface area contributed by atoms with Gasteiger partial charge in [-0.25, -0.2) is 0 Å². The summed E-state index contributed by atoms with van der Waals surface area (Å²) in [6, 6.07) is 0. The minimum absolute atomic E-state index is 0.0225. The molecular formula is C11H18N2O2. The van der Waals surface area contributed by atoms with E-state index in [9.17, 15) is 9.59 Å². The van der Waals surface area contributed by atoms with Crippen molar-refractivity contribution in [2.24, 2.45) is 5.92 Å². The Hall–Kier alpha value is -1.06. The predicted octanol–water partition coefficient (Wildman–Crippen LogP) is 0.571. The quantitative estimate of drug-likeness (QED) is 0.715. The first-order valence-corrected chi connectivity index (χ1v) is 5.74. The minimum atomic E-state index is -0.0225. The fourth-order valence-corrected chi connectivity index (χ4v) is 2.54. The number of nitrogens with one attached hydrogen (secondary N) is 2. The molecule has 0 unspecified atom stereocenters. The van der Waals surface area contributed by atoms with Gasteiger partial charge < -0.3 is 10.6 Å². The second kappa shape index (κ2) is 3.83. The Labute approximate surface area is 89.8 Å². The predicted molar refractivity (Wildman–Crippen MR) is 56.1 cm³/mol. The fraction of sp³-hybridized carbons (Fsp3) is 0.818. The lowest BCUT2D eigenvalue weighted by Gasteiger charge is -2.44. The van der Waals surface area contributed by atoms with Crippen molar-refractivity contribution in [1.82, 2.24) is 10.6 Å². The summed E-state index contributed by atoms with van der Waals surface area (Å²) in [6.45, 7) is 2.80. The SMILES string of the molecule is CCCNC(=O)C1CC2(CCC(=O)N2)C1. The first kappa shape index (κ1) is 10.5. The molecule has 0 aromatic carbocycles. The van der Waals surface area contributed by atoms with Gasteiger partial charge >= 0.3 is 0 Å². The monoisotopic (exact) mass is 210 g/mol. The van der Waals surface area contributed by atoms with E-state index in [1.54, 1.807) is 0 Å². The third kappa shape index (κ3) is 1.98. The molecule has 1 heterocycles. The lowest BCUT2D eigenvalue weighted by molar-refractivity contribution is -0.131. The molecule has 0 atom stereocenters. The zero-order chi connectivity index (χ0) is 10.9. The van der Waals surface area contributed by atoms with Gasteiger partial charge in [-0.1, -0.05) is 6.92 Å². The molecule has 1 aliphatic heterocycles. The van der Waals surface area contributed by atoms with Gasteiger partial charge in [0.1, 0.15) is 0 Å². The molecule has 2 amide bonds. The van der Waals surface area contributed by atoms with Gasteiger partial charge in [0.15, 0.2) is 0 Å². The van der Waals surface area contributed by atoms with Crippen molar-refractivity contribution in [3.8, 4) is 0 Å². The van der Waals surface area contributed by atoms with Gasteiger partial charge in [-0.15, -0.1) is 0 Å². The van der Waals surface area contributed by atoms with E-state index in [2.05, 4.69) is 10.6 Å². The molecule has 1 saturated heterocycles. The van der Waals surface area contributed by atoms with E-state index in [1.807, 2.05) is 6.92 Å². The first-order valence-electron chi connectivity index (χ1n) is 5.74. The maximum absolute atomic E-state index is 11.6. The van der Waals surface area contributed by atoms with Crippen molar-refractivity contribution in [3.05, 3.63) is 0 Å². The lowest BCUT2D eigenvalue weighted by atomic mass is 9.67. The summed E-state index contributed by atoms with van der Waals surface area (Å²) in [5.74, 6) is 0.418. The maximum Gasteiger partial charge on any atom is 0.223 e. The van der Waals surface area contributed by atoms with Crippen LogP contribution in [0, 0.1) is 5.92 Å². The molecule has 4 heteroatoms. The summed E-state index contributed by atoms with van der Waals surface area (Å²) in [6.07, 6.45) is 4.16. The average Bonchev–Trinajstić information content (AvgIpc) is 2.54. The van der Waals surface area contributed by atoms with Crippen LogP contribution >= 0.6 is 0 Å². The summed E-state index contributed by atoms with van der Waals surface area (Å²) in [5.41, 5.74) is -0.0225. The standard InChI is InChI=1S/C11H18N2O2/c1-2-5-12-10(15)8-6-11(7-8)4-3-9(14)13-11/h8H,2-7H2,1H3,(H,12,15)(H,13,14). The Bertz CT molecular complexity index is 282. The van der Waals surface area contributed by atoms with E-state index in [0.717, 1.165) is 32.2 Å². The van der Waals surface area contributed by atoms with E-state index >= 15 is 0 Å². The van der Waals surface area contributed by atoms with E-state index in [0.29, 0.717) is 6.42 Å². The van der Waals surface area contributed by atoms with E-state index < -0.39 is 0 Å². The van der Waals surface area contributed by atoms with Crippen molar-refractivity contribution < 1.29 is 9.59 Å². The number of rotatable bonds is 3. The van der Waals surface area contributed by atoms with Crippen molar-refractivity contribution in [2.45, 2.75) is 44.6 Å². The second-order valence-electron chi connectivity index (χ2n) is 4.72. The van der Waals surface area contributed by atoms with Crippen LogP contribution in [0.25, 0.3) is 0 Å². The fourth-order valence-electron chi connectivity index (χ4n) is 2.54. The molecule has 2 N–H and O–H groups in total. The molecule has 84 valence electrons. The molecule has 2 aliphatic rings. The molecule has 1 spiro atoms. The summed E-state index contributed by atoms with van der Waals surface area (Å²) in [5, 5.41) is 5.89. The van der Waals surface area contributed by atoms with E-state index in [1.165, 1.54) is 0 Å². The summed E-state index contributed by atoms with van der Waals surface area (Å²) in [4.78, 5) is 22.7. The lowest BCUT2D eigenvalue weighted by Crippen LogP contribution is -2.56. The van der Waals surface area contributed by atoms with Gasteiger partial charge in [-0.05, 0) is 25.7 Å². The third-order valence-electron chi connectivity index (χ3n) is 3.43. The minimum Gasteiger partial charge on any atom is -0.356 e. The normalized spacial score (nSPS) is 33.7. The molecule has 1 aliphatic carbocycles. The van der Waals surface area contributed by atoms with Gasteiger partial charge in [0, 0.05) is 24.4 Å². The van der Waals surface area contributed by atoms with Crippen molar-refractivity contribution in [3.63, 3.8) is 0 Å². The van der Waals surface area contributed by atoms with Gasteiger partial charge in [-0.2, -0.15) is 0 Å². The number of hydrogen-bond donors (Lipinski definition) is 2. The summed E-state index contributed by atoms with van der Waals surface area (Å²) >= 11 is 0. The number of hydrogen-bond acceptors (Lipinski definition) is 2. The van der Waals surface area contributed by atoms with Gasteiger partial charge in [0.25, 0.3) is 0 Å². The Morgan fingerprint density at radius 3 is 2.87 bits per heavy atom. The Kier molecular flexibility index (Phi) is 2.67. The number of carbonyl (C=O) groups excluding carboxylic acids is 2. The highest BCUT2D eigenvalue weighted by molar-refractivity contribution is 5.83. The summed E-state index contributed by atoms with van der Waals surface area (Å²) in [7, 11) is 0. The molecule has 2 fully saturated rings. The third-order valence-corrected chi connectivity index (χ3v) is 3.43. The Balaban J connectivity index is 1.77. The molecule has 15 heavy (non-hydrogen) atoms. The van der Waals surface area contributed by atoms with Crippen LogP contribution in [0.15, 0.2) is 0 Å². The second-order valence-corrected chi connectivity index (χ2v) is 4.72. The van der Waals surface area contributed by atoms with Gasteiger partial charge in [0.05, 0.1) is 0 Å². The van der Waals surface area contributed by atoms with E-state index in [-0.39, 0.29) is 23.3 Å². The smallest absolute Gasteiger partial charge is 0.223 e. The topological polar surface area (TPSA) is 58.2 Å². The van der Waals surface area contributed by atoms with Crippen LogP contribution in [-0.2, 0) is 9.59 Å². The molecule has 1 saturated carbocycles. The van der Waals surface area contributed by atoms with Crippen LogP contribution < -0.4 is 10.6 Å². The highest BCUT2D eigenvalue weighted by atomic mass is 16.2. The van der Waals surface area contributed by atoms with Crippen LogP contribution in [0.4, 0.5) is 0 Å². The molecule has 2 rings (SSSR count). The van der Waals surface area contributed by atoms with Gasteiger partial charge in [-0.3, -0.25) is 9.59 Å². The molecule has 0 aromatic rings. The zero-order valence-corrected chi connectivity index (χ0v) is 9.14. The Morgan fingerprint density at radius 2 is 2.33 bits per heavy atom. The number of carbonyl (C=O) groups is 2. The van der Waals surface area contributed by atoms with Crippen LogP contribution in [0.5, 0.6) is 0 Å². The van der Waals surface area contributed by atoms with E-state index in [4.69, 9.17) is 0 Å². The van der Waals surface area contributed by atoms with Crippen LogP contribution in [0.2, 0.25) is 0 Å². The van der Waals surface area contributed by atoms with Gasteiger partial charge in [0.2, 0.25) is 11.8 Å². The van der Waals surface area contributed by atoms with Crippen molar-refractivity contribution in [2.75, 3.05) is 6.54 Å². The highest BCUT2D eigenvalue weighted by Gasteiger charge is 2.50. The maximum atomic E-state index is 11.6. The molecule has 4 nitrogen and oxygen atoms in total. The molecule has 0 radical (unpaired) electrons. The molecule has 0 bridgehead atoms. The molecular weight excluding hydrogens is 192 g/mol. The zero-order valence-electron chi connectivity index (χ0n) is 9.14. The number of amides is 2. The largest absolute Gasteiger partial charge is 0.356 e.